The molecule has 0 bridgehead atoms. The number of carbonyl (C=O) groups excluding carboxylic acids is 2. The maximum absolute atomic E-state index is 15.0. The fourth-order valence-electron chi connectivity index (χ4n) is 5.95. The third-order valence-electron chi connectivity index (χ3n) is 8.34. The monoisotopic (exact) mass is 601 g/mol. The van der Waals surface area contributed by atoms with Crippen molar-refractivity contribution < 1.29 is 18.7 Å². The van der Waals surface area contributed by atoms with Crippen LogP contribution in [0.15, 0.2) is 35.1 Å². The van der Waals surface area contributed by atoms with E-state index in [1.54, 1.807) is 21.9 Å². The number of hydrogen-bond donors (Lipinski definition) is 2. The van der Waals surface area contributed by atoms with Crippen LogP contribution >= 0.6 is 23.2 Å². The number of amides is 2. The minimum atomic E-state index is -0.666. The Kier molecular flexibility index (Phi) is 7.67. The summed E-state index contributed by atoms with van der Waals surface area (Å²) in [6, 6.07) is 7.83. The van der Waals surface area contributed by atoms with E-state index in [4.69, 9.17) is 27.9 Å². The van der Waals surface area contributed by atoms with Gasteiger partial charge in [0.25, 0.3) is 11.5 Å². The predicted molar refractivity (Wildman–Crippen MR) is 155 cm³/mol. The van der Waals surface area contributed by atoms with Crippen LogP contribution in [0.4, 0.5) is 10.1 Å². The van der Waals surface area contributed by atoms with E-state index < -0.39 is 11.4 Å². The first-order valence-electron chi connectivity index (χ1n) is 13.7. The van der Waals surface area contributed by atoms with E-state index in [9.17, 15) is 18.8 Å². The molecule has 2 N–H and O–H groups in total. The van der Waals surface area contributed by atoms with Crippen LogP contribution in [0.1, 0.15) is 34.6 Å². The maximum atomic E-state index is 15.0. The summed E-state index contributed by atoms with van der Waals surface area (Å²) in [7, 11) is 0. The number of rotatable bonds is 5. The highest BCUT2D eigenvalue weighted by Crippen LogP contribution is 2.37. The summed E-state index contributed by atoms with van der Waals surface area (Å²) in [6.45, 7) is 6.25. The Balaban J connectivity index is 1.16. The number of fused-ring (bicyclic) bond motifs is 2. The molecular weight excluding hydrogens is 572 g/mol. The fraction of sp³-hybridized carbons (Fsp3) is 0.414. The molecule has 0 radical (unpaired) electrons. The van der Waals surface area contributed by atoms with Crippen molar-refractivity contribution in [2.75, 3.05) is 57.8 Å². The van der Waals surface area contributed by atoms with Gasteiger partial charge in [-0.15, -0.1) is 0 Å². The molecule has 12 heteroatoms. The van der Waals surface area contributed by atoms with E-state index >= 15 is 0 Å². The van der Waals surface area contributed by atoms with Crippen molar-refractivity contribution >= 4 is 51.5 Å². The number of carbonyl (C=O) groups is 2. The Hall–Kier alpha value is -3.18. The molecule has 0 saturated carbocycles. The summed E-state index contributed by atoms with van der Waals surface area (Å²) in [6.07, 6.45) is 0.611. The van der Waals surface area contributed by atoms with Crippen molar-refractivity contribution in [3.8, 4) is 0 Å². The molecule has 3 aliphatic heterocycles. The van der Waals surface area contributed by atoms with Gasteiger partial charge in [0.15, 0.2) is 0 Å². The summed E-state index contributed by atoms with van der Waals surface area (Å²) in [4.78, 5) is 47.5. The summed E-state index contributed by atoms with van der Waals surface area (Å²) in [5.41, 5.74) is 1.55. The van der Waals surface area contributed by atoms with Gasteiger partial charge in [-0.1, -0.05) is 23.2 Å². The number of piperazine rings is 1. The smallest absolute Gasteiger partial charge is 0.270 e. The summed E-state index contributed by atoms with van der Waals surface area (Å²) in [5.74, 6) is -1.16. The number of halogens is 3. The van der Waals surface area contributed by atoms with Crippen LogP contribution in [0.5, 0.6) is 0 Å². The number of nitrogens with one attached hydrogen (secondary N) is 2. The molecule has 2 saturated heterocycles. The third kappa shape index (κ3) is 5.41. The quantitative estimate of drug-likeness (QED) is 0.463. The summed E-state index contributed by atoms with van der Waals surface area (Å²) in [5, 5.41) is 4.48. The number of anilines is 1. The van der Waals surface area contributed by atoms with Gasteiger partial charge in [0.05, 0.1) is 42.9 Å². The van der Waals surface area contributed by atoms with Crippen LogP contribution in [0.2, 0.25) is 10.0 Å². The van der Waals surface area contributed by atoms with Crippen LogP contribution in [0, 0.1) is 5.82 Å². The first-order chi connectivity index (χ1) is 19.7. The number of aromatic nitrogens is 1. The zero-order chi connectivity index (χ0) is 28.8. The second-order valence-electron chi connectivity index (χ2n) is 10.8. The molecule has 1 atom stereocenters. The fourth-order valence-corrected chi connectivity index (χ4v) is 6.64. The molecule has 4 heterocycles. The van der Waals surface area contributed by atoms with Crippen molar-refractivity contribution in [1.29, 1.82) is 0 Å². The lowest BCUT2D eigenvalue weighted by molar-refractivity contribution is -0.131. The lowest BCUT2D eigenvalue weighted by atomic mass is 9.93. The second kappa shape index (κ2) is 11.2. The van der Waals surface area contributed by atoms with E-state index in [0.717, 1.165) is 43.5 Å². The highest BCUT2D eigenvalue weighted by molar-refractivity contribution is 6.35. The Morgan fingerprint density at radius 2 is 1.83 bits per heavy atom. The normalized spacial score (nSPS) is 19.7. The Labute approximate surface area is 246 Å². The van der Waals surface area contributed by atoms with Crippen LogP contribution in [0.3, 0.4) is 0 Å². The first kappa shape index (κ1) is 28.0. The van der Waals surface area contributed by atoms with Gasteiger partial charge < -0.3 is 24.8 Å². The molecule has 2 aromatic carbocycles. The average molecular weight is 602 g/mol. The second-order valence-corrected chi connectivity index (χ2v) is 11.6. The summed E-state index contributed by atoms with van der Waals surface area (Å²) < 4.78 is 20.3. The molecule has 3 aliphatic rings. The SMILES string of the molecule is CC1c2c(Cl)cc(Cl)cc2CCN1C(=O)CNc1cc2cc(C(=O)N3CCN(C4COC4)CC3)[nH]c(=O)c2cc1F. The van der Waals surface area contributed by atoms with Crippen LogP contribution < -0.4 is 10.9 Å². The Morgan fingerprint density at radius 1 is 1.07 bits per heavy atom. The van der Waals surface area contributed by atoms with Crippen molar-refractivity contribution in [2.45, 2.75) is 25.4 Å². The molecule has 41 heavy (non-hydrogen) atoms. The predicted octanol–water partition coefficient (Wildman–Crippen LogP) is 3.69. The molecule has 0 spiro atoms. The van der Waals surface area contributed by atoms with Gasteiger partial charge in [0.1, 0.15) is 11.5 Å². The van der Waals surface area contributed by atoms with Gasteiger partial charge in [-0.3, -0.25) is 19.3 Å². The van der Waals surface area contributed by atoms with Crippen molar-refractivity contribution in [3.63, 3.8) is 0 Å². The summed E-state index contributed by atoms with van der Waals surface area (Å²) >= 11 is 12.6. The topological polar surface area (TPSA) is 98.0 Å². The van der Waals surface area contributed by atoms with E-state index in [0.29, 0.717) is 47.5 Å². The molecule has 3 aromatic rings. The lowest BCUT2D eigenvalue weighted by Crippen LogP contribution is -2.57. The number of hydrogen-bond acceptors (Lipinski definition) is 6. The molecular formula is C29H30Cl2FN5O4. The zero-order valence-corrected chi connectivity index (χ0v) is 24.0. The van der Waals surface area contributed by atoms with E-state index in [-0.39, 0.29) is 41.2 Å². The van der Waals surface area contributed by atoms with Crippen LogP contribution in [-0.4, -0.2) is 90.0 Å². The van der Waals surface area contributed by atoms with Gasteiger partial charge >= 0.3 is 0 Å². The largest absolute Gasteiger partial charge is 0.378 e. The van der Waals surface area contributed by atoms with Crippen molar-refractivity contribution in [3.05, 3.63) is 73.4 Å². The molecule has 1 unspecified atom stereocenters. The third-order valence-corrected chi connectivity index (χ3v) is 8.87. The number of aromatic amines is 1. The van der Waals surface area contributed by atoms with Gasteiger partial charge in [-0.2, -0.15) is 0 Å². The molecule has 2 amide bonds. The minimum absolute atomic E-state index is 0.0704. The van der Waals surface area contributed by atoms with Crippen molar-refractivity contribution in [1.82, 2.24) is 19.7 Å². The lowest BCUT2D eigenvalue weighted by Gasteiger charge is -2.42. The van der Waals surface area contributed by atoms with E-state index in [2.05, 4.69) is 15.2 Å². The molecule has 2 fully saturated rings. The molecule has 9 nitrogen and oxygen atoms in total. The number of nitrogens with zero attached hydrogens (tertiary/aromatic N) is 3. The van der Waals surface area contributed by atoms with Crippen LogP contribution in [0.25, 0.3) is 10.8 Å². The highest BCUT2D eigenvalue weighted by atomic mass is 35.5. The highest BCUT2D eigenvalue weighted by Gasteiger charge is 2.32. The number of H-pyrrole nitrogens is 1. The van der Waals surface area contributed by atoms with E-state index in [1.165, 1.54) is 6.07 Å². The van der Waals surface area contributed by atoms with Crippen molar-refractivity contribution in [2.24, 2.45) is 0 Å². The Bertz CT molecular complexity index is 1590. The minimum Gasteiger partial charge on any atom is -0.378 e. The van der Waals surface area contributed by atoms with E-state index in [1.807, 2.05) is 13.0 Å². The standard InChI is InChI=1S/C29H30Cl2FN5O4/c1-16-27-17(8-19(30)11-22(27)31)2-3-37(16)26(38)13-33-24-9-18-10-25(34-28(39)21(18)12-23(24)32)29(40)36-6-4-35(5-7-36)20-14-41-15-20/h8-12,16,20,33H,2-7,13-15H2,1H3,(H,34,39). The van der Waals surface area contributed by atoms with Crippen LogP contribution in [-0.2, 0) is 16.0 Å². The molecule has 6 rings (SSSR count). The Morgan fingerprint density at radius 3 is 2.54 bits per heavy atom. The molecule has 0 aliphatic carbocycles. The van der Waals surface area contributed by atoms with Gasteiger partial charge in [-0.05, 0) is 60.2 Å². The molecule has 1 aromatic heterocycles. The molecule has 216 valence electrons. The van der Waals surface area contributed by atoms with Gasteiger partial charge in [0.2, 0.25) is 5.91 Å². The first-order valence-corrected chi connectivity index (χ1v) is 14.4. The number of ether oxygens (including phenoxy) is 1. The average Bonchev–Trinajstić information content (AvgIpc) is 2.91. The zero-order valence-electron chi connectivity index (χ0n) is 22.5. The number of benzene rings is 2. The maximum Gasteiger partial charge on any atom is 0.270 e. The number of pyridine rings is 1. The van der Waals surface area contributed by atoms with Gasteiger partial charge in [0, 0.05) is 42.8 Å². The van der Waals surface area contributed by atoms with Gasteiger partial charge in [-0.25, -0.2) is 4.39 Å².